The zero-order chi connectivity index (χ0) is 12.6. The third-order valence-electron chi connectivity index (χ3n) is 5.15. The summed E-state index contributed by atoms with van der Waals surface area (Å²) in [5, 5.41) is 3.93. The lowest BCUT2D eigenvalue weighted by Gasteiger charge is -2.33. The van der Waals surface area contributed by atoms with Crippen LogP contribution >= 0.6 is 0 Å². The molecule has 1 saturated heterocycles. The van der Waals surface area contributed by atoms with Crippen LogP contribution in [0.1, 0.15) is 90.4 Å². The van der Waals surface area contributed by atoms with E-state index >= 15 is 0 Å². The van der Waals surface area contributed by atoms with E-state index in [-0.39, 0.29) is 0 Å². The van der Waals surface area contributed by atoms with Gasteiger partial charge in [-0.15, -0.1) is 0 Å². The molecule has 2 fully saturated rings. The van der Waals surface area contributed by atoms with Gasteiger partial charge in [-0.1, -0.05) is 58.3 Å². The fraction of sp³-hybridized carbons (Fsp3) is 1.00. The Kier molecular flexibility index (Phi) is 6.54. The van der Waals surface area contributed by atoms with Crippen molar-refractivity contribution in [3.8, 4) is 0 Å². The van der Waals surface area contributed by atoms with E-state index in [0.717, 1.165) is 18.0 Å². The Bertz CT molecular complexity index is 214. The Balaban J connectivity index is 1.47. The van der Waals surface area contributed by atoms with Gasteiger partial charge < -0.3 is 5.32 Å². The van der Waals surface area contributed by atoms with E-state index in [4.69, 9.17) is 0 Å². The molecule has 3 atom stereocenters. The van der Waals surface area contributed by atoms with Crippen molar-refractivity contribution in [2.75, 3.05) is 0 Å². The summed E-state index contributed by atoms with van der Waals surface area (Å²) in [6.07, 6.45) is 19.0. The Hall–Kier alpha value is -0.0400. The summed E-state index contributed by atoms with van der Waals surface area (Å²) in [6, 6.07) is 1.76. The van der Waals surface area contributed by atoms with E-state index in [2.05, 4.69) is 12.2 Å². The number of rotatable bonds is 8. The summed E-state index contributed by atoms with van der Waals surface area (Å²) in [7, 11) is 0. The van der Waals surface area contributed by atoms with Crippen LogP contribution < -0.4 is 5.32 Å². The van der Waals surface area contributed by atoms with Gasteiger partial charge >= 0.3 is 0 Å². The maximum Gasteiger partial charge on any atom is 0.00979 e. The fourth-order valence-electron chi connectivity index (χ4n) is 3.98. The molecule has 106 valence electrons. The second kappa shape index (κ2) is 8.19. The molecule has 0 radical (unpaired) electrons. The minimum atomic E-state index is 0.861. The van der Waals surface area contributed by atoms with Crippen LogP contribution in [-0.2, 0) is 0 Å². The number of unbranched alkanes of at least 4 members (excludes halogenated alkanes) is 6. The van der Waals surface area contributed by atoms with Gasteiger partial charge in [0.2, 0.25) is 0 Å². The zero-order valence-corrected chi connectivity index (χ0v) is 12.4. The van der Waals surface area contributed by atoms with Crippen LogP contribution in [0.2, 0.25) is 0 Å². The zero-order valence-electron chi connectivity index (χ0n) is 12.4. The largest absolute Gasteiger partial charge is 0.311 e. The third-order valence-corrected chi connectivity index (χ3v) is 5.15. The third kappa shape index (κ3) is 4.57. The monoisotopic (exact) mass is 251 g/mol. The molecule has 1 saturated carbocycles. The average Bonchev–Trinajstić information content (AvgIpc) is 2.85. The molecule has 1 N–H and O–H groups in total. The molecule has 1 heteroatoms. The summed E-state index contributed by atoms with van der Waals surface area (Å²) < 4.78 is 0. The van der Waals surface area contributed by atoms with Crippen molar-refractivity contribution in [1.29, 1.82) is 0 Å². The van der Waals surface area contributed by atoms with Gasteiger partial charge in [-0.05, 0) is 38.0 Å². The molecule has 0 aromatic carbocycles. The van der Waals surface area contributed by atoms with Gasteiger partial charge in [0.05, 0.1) is 0 Å². The first-order valence-corrected chi connectivity index (χ1v) is 8.66. The first kappa shape index (κ1) is 14.4. The molecule has 1 aliphatic carbocycles. The summed E-state index contributed by atoms with van der Waals surface area (Å²) in [4.78, 5) is 0. The molecule has 0 bridgehead atoms. The van der Waals surface area contributed by atoms with Crippen molar-refractivity contribution in [1.82, 2.24) is 5.32 Å². The van der Waals surface area contributed by atoms with Gasteiger partial charge in [0.1, 0.15) is 0 Å². The Labute approximate surface area is 114 Å². The van der Waals surface area contributed by atoms with Crippen molar-refractivity contribution in [3.05, 3.63) is 0 Å². The molecule has 2 rings (SSSR count). The molecule has 2 aliphatic rings. The highest BCUT2D eigenvalue weighted by molar-refractivity contribution is 4.90. The molecule has 0 amide bonds. The summed E-state index contributed by atoms with van der Waals surface area (Å²) >= 11 is 0. The van der Waals surface area contributed by atoms with Crippen molar-refractivity contribution in [2.24, 2.45) is 5.92 Å². The topological polar surface area (TPSA) is 12.0 Å². The maximum absolute atomic E-state index is 3.93. The SMILES string of the molecule is CCCCCCCCCC1CCC2CCCC2N1. The molecule has 18 heavy (non-hydrogen) atoms. The lowest BCUT2D eigenvalue weighted by Crippen LogP contribution is -2.45. The van der Waals surface area contributed by atoms with Crippen LogP contribution in [0, 0.1) is 5.92 Å². The number of hydrogen-bond donors (Lipinski definition) is 1. The van der Waals surface area contributed by atoms with Crippen molar-refractivity contribution >= 4 is 0 Å². The lowest BCUT2D eigenvalue weighted by atomic mass is 9.88. The molecule has 1 nitrogen and oxygen atoms in total. The first-order chi connectivity index (χ1) is 8.90. The lowest BCUT2D eigenvalue weighted by molar-refractivity contribution is 0.246. The smallest absolute Gasteiger partial charge is 0.00979 e. The van der Waals surface area contributed by atoms with Crippen LogP contribution in [0.3, 0.4) is 0 Å². The number of fused-ring (bicyclic) bond motifs is 1. The standard InChI is InChI=1S/C17H33N/c1-2-3-4-5-6-7-8-11-16-14-13-15-10-9-12-17(15)18-16/h15-18H,2-14H2,1H3. The first-order valence-electron chi connectivity index (χ1n) is 8.66. The second-order valence-electron chi connectivity index (χ2n) is 6.65. The normalized spacial score (nSPS) is 31.5. The van der Waals surface area contributed by atoms with Gasteiger partial charge in [0, 0.05) is 12.1 Å². The summed E-state index contributed by atoms with van der Waals surface area (Å²) in [5.74, 6) is 1.04. The van der Waals surface area contributed by atoms with E-state index in [1.807, 2.05) is 0 Å². The molecular formula is C17H33N. The van der Waals surface area contributed by atoms with Gasteiger partial charge in [0.15, 0.2) is 0 Å². The van der Waals surface area contributed by atoms with Crippen molar-refractivity contribution in [3.63, 3.8) is 0 Å². The minimum Gasteiger partial charge on any atom is -0.311 e. The van der Waals surface area contributed by atoms with Gasteiger partial charge in [0.25, 0.3) is 0 Å². The van der Waals surface area contributed by atoms with E-state index in [1.54, 1.807) is 0 Å². The van der Waals surface area contributed by atoms with Gasteiger partial charge in [-0.3, -0.25) is 0 Å². The highest BCUT2D eigenvalue weighted by atomic mass is 15.0. The van der Waals surface area contributed by atoms with Crippen LogP contribution in [0.15, 0.2) is 0 Å². The molecule has 1 aliphatic heterocycles. The van der Waals surface area contributed by atoms with Crippen LogP contribution in [-0.4, -0.2) is 12.1 Å². The average molecular weight is 251 g/mol. The fourth-order valence-corrected chi connectivity index (χ4v) is 3.98. The minimum absolute atomic E-state index is 0.861. The van der Waals surface area contributed by atoms with Gasteiger partial charge in [-0.2, -0.15) is 0 Å². The van der Waals surface area contributed by atoms with E-state index < -0.39 is 0 Å². The predicted molar refractivity (Wildman–Crippen MR) is 79.9 cm³/mol. The number of nitrogens with one attached hydrogen (secondary N) is 1. The van der Waals surface area contributed by atoms with Crippen LogP contribution in [0.4, 0.5) is 0 Å². The van der Waals surface area contributed by atoms with Gasteiger partial charge in [-0.25, -0.2) is 0 Å². The number of hydrogen-bond acceptors (Lipinski definition) is 1. The highest BCUT2D eigenvalue weighted by Gasteiger charge is 2.32. The molecule has 0 spiro atoms. The Morgan fingerprint density at radius 3 is 2.44 bits per heavy atom. The highest BCUT2D eigenvalue weighted by Crippen LogP contribution is 2.34. The summed E-state index contributed by atoms with van der Waals surface area (Å²) in [5.41, 5.74) is 0. The Morgan fingerprint density at radius 2 is 1.61 bits per heavy atom. The molecule has 3 unspecified atom stereocenters. The van der Waals surface area contributed by atoms with E-state index in [9.17, 15) is 0 Å². The second-order valence-corrected chi connectivity index (χ2v) is 6.65. The molecule has 0 aromatic heterocycles. The van der Waals surface area contributed by atoms with Crippen LogP contribution in [0.5, 0.6) is 0 Å². The van der Waals surface area contributed by atoms with Crippen LogP contribution in [0.25, 0.3) is 0 Å². The molecular weight excluding hydrogens is 218 g/mol. The van der Waals surface area contributed by atoms with E-state index in [0.29, 0.717) is 0 Å². The summed E-state index contributed by atoms with van der Waals surface area (Å²) in [6.45, 7) is 2.30. The molecule has 1 heterocycles. The maximum atomic E-state index is 3.93. The quantitative estimate of drug-likeness (QED) is 0.595. The van der Waals surface area contributed by atoms with Crippen molar-refractivity contribution < 1.29 is 0 Å². The number of piperidine rings is 1. The van der Waals surface area contributed by atoms with E-state index in [1.165, 1.54) is 83.5 Å². The van der Waals surface area contributed by atoms with Crippen molar-refractivity contribution in [2.45, 2.75) is 102 Å². The Morgan fingerprint density at radius 1 is 0.833 bits per heavy atom. The predicted octanol–water partition coefficient (Wildman–Crippen LogP) is 5.05. The molecule has 0 aromatic rings.